The monoisotopic (exact) mass is 356 g/mol. The van der Waals surface area contributed by atoms with Gasteiger partial charge in [-0.1, -0.05) is 11.8 Å². The van der Waals surface area contributed by atoms with E-state index in [1.165, 1.54) is 19.3 Å². The van der Waals surface area contributed by atoms with Crippen LogP contribution in [0.25, 0.3) is 0 Å². The van der Waals surface area contributed by atoms with Gasteiger partial charge in [0.25, 0.3) is 5.09 Å². The van der Waals surface area contributed by atoms with Gasteiger partial charge in [0.2, 0.25) is 16.9 Å². The first-order valence-corrected chi connectivity index (χ1v) is 7.78. The lowest BCUT2D eigenvalue weighted by atomic mass is 10.3. The third-order valence-electron chi connectivity index (χ3n) is 2.57. The molecule has 0 saturated heterocycles. The van der Waals surface area contributed by atoms with Gasteiger partial charge in [-0.25, -0.2) is 0 Å². The molecule has 130 valence electrons. The van der Waals surface area contributed by atoms with E-state index in [9.17, 15) is 24.5 Å². The van der Waals surface area contributed by atoms with Crippen LogP contribution in [0.3, 0.4) is 0 Å². The third kappa shape index (κ3) is 7.54. The highest BCUT2D eigenvalue weighted by atomic mass is 32.2. The second kappa shape index (κ2) is 10.2. The van der Waals surface area contributed by atoms with Crippen molar-refractivity contribution in [3.05, 3.63) is 40.2 Å². The number of carbonyl (C=O) groups excluding carboxylic acids is 3. The topological polar surface area (TPSA) is 141 Å². The number of pyridine rings is 1. The largest absolute Gasteiger partial charge is 0.352 e. The standard InChI is InChI=1S/C13H16N4O6S/c1-9(18)16-11(12(19)15-5-6-23-17(21)22)8-24-13(20)10-3-2-4-14-7-10/h2-4,7,11H,5-6,8H2,1H3,(H,15,19)(H,16,18)/t11-/m0/s1. The van der Waals surface area contributed by atoms with Gasteiger partial charge in [-0.15, -0.1) is 10.1 Å². The van der Waals surface area contributed by atoms with Gasteiger partial charge in [-0.2, -0.15) is 0 Å². The van der Waals surface area contributed by atoms with Crippen molar-refractivity contribution in [1.29, 1.82) is 0 Å². The Bertz CT molecular complexity index is 597. The molecule has 10 nitrogen and oxygen atoms in total. The summed E-state index contributed by atoms with van der Waals surface area (Å²) in [5.74, 6) is -0.996. The average molecular weight is 356 g/mol. The van der Waals surface area contributed by atoms with Crippen LogP contribution in [0.4, 0.5) is 0 Å². The zero-order chi connectivity index (χ0) is 17.9. The molecule has 0 aliphatic carbocycles. The van der Waals surface area contributed by atoms with Gasteiger partial charge in [0.15, 0.2) is 0 Å². The SMILES string of the molecule is CC(=O)N[C@@H](CSC(=O)c1cccnc1)C(=O)NCCO[N+](=O)[O-]. The average Bonchev–Trinajstić information content (AvgIpc) is 2.55. The van der Waals surface area contributed by atoms with Crippen molar-refractivity contribution in [3.8, 4) is 0 Å². The Hall–Kier alpha value is -2.69. The molecule has 1 rings (SSSR count). The number of hydrogen-bond donors (Lipinski definition) is 2. The van der Waals surface area contributed by atoms with Gasteiger partial charge in [0, 0.05) is 37.2 Å². The molecule has 0 radical (unpaired) electrons. The Balaban J connectivity index is 2.52. The van der Waals surface area contributed by atoms with Gasteiger partial charge in [0.05, 0.1) is 0 Å². The summed E-state index contributed by atoms with van der Waals surface area (Å²) >= 11 is 0.858. The van der Waals surface area contributed by atoms with E-state index in [0.717, 1.165) is 11.8 Å². The Labute approximate surface area is 141 Å². The van der Waals surface area contributed by atoms with Crippen LogP contribution in [-0.4, -0.2) is 51.9 Å². The molecule has 1 atom stereocenters. The summed E-state index contributed by atoms with van der Waals surface area (Å²) in [5.41, 5.74) is 0.379. The van der Waals surface area contributed by atoms with Gasteiger partial charge in [0.1, 0.15) is 12.6 Å². The molecule has 0 aliphatic heterocycles. The van der Waals surface area contributed by atoms with E-state index in [-0.39, 0.29) is 24.0 Å². The molecule has 0 aliphatic rings. The third-order valence-corrected chi connectivity index (χ3v) is 3.57. The first kappa shape index (κ1) is 19.4. The quantitative estimate of drug-likeness (QED) is 0.352. The van der Waals surface area contributed by atoms with Gasteiger partial charge in [-0.05, 0) is 12.1 Å². The Morgan fingerprint density at radius 2 is 2.21 bits per heavy atom. The molecule has 0 unspecified atom stereocenters. The zero-order valence-electron chi connectivity index (χ0n) is 12.8. The van der Waals surface area contributed by atoms with E-state index >= 15 is 0 Å². The van der Waals surface area contributed by atoms with Crippen LogP contribution in [0.5, 0.6) is 0 Å². The maximum absolute atomic E-state index is 12.0. The number of aromatic nitrogens is 1. The van der Waals surface area contributed by atoms with Crippen LogP contribution in [0.1, 0.15) is 17.3 Å². The molecule has 0 spiro atoms. The van der Waals surface area contributed by atoms with Crippen molar-refractivity contribution in [3.63, 3.8) is 0 Å². The number of rotatable bonds is 9. The summed E-state index contributed by atoms with van der Waals surface area (Å²) in [5, 5.41) is 13.6. The molecule has 24 heavy (non-hydrogen) atoms. The van der Waals surface area contributed by atoms with Crippen LogP contribution < -0.4 is 10.6 Å². The van der Waals surface area contributed by atoms with Crippen molar-refractivity contribution in [2.24, 2.45) is 0 Å². The number of carbonyl (C=O) groups is 3. The lowest BCUT2D eigenvalue weighted by molar-refractivity contribution is -0.757. The first-order chi connectivity index (χ1) is 11.4. The highest BCUT2D eigenvalue weighted by Crippen LogP contribution is 2.12. The number of hydrogen-bond acceptors (Lipinski definition) is 8. The molecule has 11 heteroatoms. The van der Waals surface area contributed by atoms with Gasteiger partial charge >= 0.3 is 0 Å². The van der Waals surface area contributed by atoms with E-state index in [0.29, 0.717) is 5.56 Å². The molecule has 2 amide bonds. The van der Waals surface area contributed by atoms with E-state index in [1.807, 2.05) is 0 Å². The number of nitrogens with zero attached hydrogens (tertiary/aromatic N) is 2. The lowest BCUT2D eigenvalue weighted by Crippen LogP contribution is -2.48. The van der Waals surface area contributed by atoms with Crippen molar-refractivity contribution < 1.29 is 24.3 Å². The minimum Gasteiger partial charge on any atom is -0.352 e. The molecular weight excluding hydrogens is 340 g/mol. The summed E-state index contributed by atoms with van der Waals surface area (Å²) in [4.78, 5) is 53.0. The van der Waals surface area contributed by atoms with E-state index in [2.05, 4.69) is 20.5 Å². The van der Waals surface area contributed by atoms with Crippen LogP contribution in [0.15, 0.2) is 24.5 Å². The van der Waals surface area contributed by atoms with Crippen LogP contribution >= 0.6 is 11.8 Å². The predicted octanol–water partition coefficient (Wildman–Crippen LogP) is -0.216. The summed E-state index contributed by atoms with van der Waals surface area (Å²) in [6.45, 7) is 0.828. The lowest BCUT2D eigenvalue weighted by Gasteiger charge is -2.16. The first-order valence-electron chi connectivity index (χ1n) is 6.79. The molecule has 0 aromatic carbocycles. The molecule has 0 bridgehead atoms. The van der Waals surface area contributed by atoms with Crippen LogP contribution in [0, 0.1) is 10.1 Å². The molecule has 1 aromatic heterocycles. The fourth-order valence-electron chi connectivity index (χ4n) is 1.57. The van der Waals surface area contributed by atoms with E-state index in [4.69, 9.17) is 0 Å². The second-order valence-corrected chi connectivity index (χ2v) is 5.43. The maximum Gasteiger partial charge on any atom is 0.294 e. The van der Waals surface area contributed by atoms with Crippen molar-refractivity contribution in [1.82, 2.24) is 15.6 Å². The molecular formula is C13H16N4O6S. The Morgan fingerprint density at radius 3 is 2.79 bits per heavy atom. The molecule has 1 heterocycles. The van der Waals surface area contributed by atoms with Gasteiger partial charge in [-0.3, -0.25) is 19.4 Å². The fraction of sp³-hybridized carbons (Fsp3) is 0.385. The molecule has 2 N–H and O–H groups in total. The van der Waals surface area contributed by atoms with Gasteiger partial charge < -0.3 is 15.5 Å². The van der Waals surface area contributed by atoms with E-state index in [1.54, 1.807) is 12.1 Å². The number of thioether (sulfide) groups is 1. The second-order valence-electron chi connectivity index (χ2n) is 4.44. The maximum atomic E-state index is 12.0. The van der Waals surface area contributed by atoms with Crippen molar-refractivity contribution >= 4 is 28.7 Å². The highest BCUT2D eigenvalue weighted by molar-refractivity contribution is 8.14. The highest BCUT2D eigenvalue weighted by Gasteiger charge is 2.21. The van der Waals surface area contributed by atoms with Crippen molar-refractivity contribution in [2.45, 2.75) is 13.0 Å². The minimum atomic E-state index is -0.972. The fourth-order valence-corrected chi connectivity index (χ4v) is 2.41. The zero-order valence-corrected chi connectivity index (χ0v) is 13.6. The predicted molar refractivity (Wildman–Crippen MR) is 84.6 cm³/mol. The summed E-state index contributed by atoms with van der Waals surface area (Å²) < 4.78 is 0. The minimum absolute atomic E-state index is 0.00916. The normalized spacial score (nSPS) is 11.2. The number of nitrogens with one attached hydrogen (secondary N) is 2. The Morgan fingerprint density at radius 1 is 1.46 bits per heavy atom. The summed E-state index contributed by atoms with van der Waals surface area (Å²) in [6.07, 6.45) is 2.93. The van der Waals surface area contributed by atoms with Crippen LogP contribution in [0.2, 0.25) is 0 Å². The van der Waals surface area contributed by atoms with Crippen molar-refractivity contribution in [2.75, 3.05) is 18.9 Å². The Kier molecular flexibility index (Phi) is 8.19. The summed E-state index contributed by atoms with van der Waals surface area (Å²) in [7, 11) is 0. The molecule has 0 saturated carbocycles. The summed E-state index contributed by atoms with van der Waals surface area (Å²) in [6, 6.07) is 2.25. The number of amides is 2. The smallest absolute Gasteiger partial charge is 0.294 e. The molecule has 1 aromatic rings. The van der Waals surface area contributed by atoms with E-state index < -0.39 is 22.9 Å². The van der Waals surface area contributed by atoms with Crippen LogP contribution in [-0.2, 0) is 14.4 Å². The molecule has 0 fully saturated rings.